The van der Waals surface area contributed by atoms with E-state index in [1.165, 1.54) is 5.56 Å². The highest BCUT2D eigenvalue weighted by molar-refractivity contribution is 5.90. The number of benzene rings is 1. The number of nitrogens with zero attached hydrogens (tertiary/aromatic N) is 4. The van der Waals surface area contributed by atoms with E-state index in [-0.39, 0.29) is 0 Å². The van der Waals surface area contributed by atoms with Crippen molar-refractivity contribution < 1.29 is 0 Å². The van der Waals surface area contributed by atoms with E-state index in [0.717, 1.165) is 56.9 Å². The average molecular weight is 528 g/mol. The van der Waals surface area contributed by atoms with Gasteiger partial charge < -0.3 is 10.3 Å². The summed E-state index contributed by atoms with van der Waals surface area (Å²) < 4.78 is 0. The maximum atomic E-state index is 4.98. The molecular weight excluding hydrogens is 494 g/mol. The molecule has 0 spiro atoms. The molecule has 7 heteroatoms. The zero-order chi connectivity index (χ0) is 27.9. The van der Waals surface area contributed by atoms with Gasteiger partial charge in [0.1, 0.15) is 5.52 Å². The number of aryl methyl sites for hydroxylation is 1. The molecule has 0 atom stereocenters. The molecule has 0 fully saturated rings. The molecule has 5 rings (SSSR count). The first-order valence-corrected chi connectivity index (χ1v) is 13.3. The fourth-order valence-electron chi connectivity index (χ4n) is 4.68. The van der Waals surface area contributed by atoms with Gasteiger partial charge in [0.15, 0.2) is 11.5 Å². The molecule has 200 valence electrons. The second-order valence-corrected chi connectivity index (χ2v) is 9.45. The molecule has 0 aliphatic carbocycles. The number of aromatic amines is 2. The van der Waals surface area contributed by atoms with E-state index in [0.29, 0.717) is 18.1 Å². The molecule has 0 radical (unpaired) electrons. The zero-order valence-electron chi connectivity index (χ0n) is 23.1. The first kappa shape index (κ1) is 26.7. The summed E-state index contributed by atoms with van der Waals surface area (Å²) >= 11 is 0. The van der Waals surface area contributed by atoms with Crippen LogP contribution in [-0.4, -0.2) is 30.1 Å². The molecule has 4 aromatic heterocycles. The molecule has 0 aliphatic rings. The Balaban J connectivity index is 1.44. The van der Waals surface area contributed by atoms with Crippen LogP contribution in [0, 0.1) is 6.92 Å². The lowest BCUT2D eigenvalue weighted by Crippen LogP contribution is -2.12. The average Bonchev–Trinajstić information content (AvgIpc) is 3.58. The normalized spacial score (nSPS) is 12.5. The van der Waals surface area contributed by atoms with E-state index >= 15 is 0 Å². The smallest absolute Gasteiger partial charge is 0.161 e. The summed E-state index contributed by atoms with van der Waals surface area (Å²) in [6, 6.07) is 16.5. The molecule has 40 heavy (non-hydrogen) atoms. The lowest BCUT2D eigenvalue weighted by molar-refractivity contribution is 0.691. The van der Waals surface area contributed by atoms with Gasteiger partial charge in [-0.05, 0) is 55.7 Å². The van der Waals surface area contributed by atoms with Crippen molar-refractivity contribution in [3.8, 4) is 22.8 Å². The monoisotopic (exact) mass is 527 g/mol. The van der Waals surface area contributed by atoms with Crippen molar-refractivity contribution in [1.29, 1.82) is 0 Å². The molecule has 0 saturated carbocycles. The maximum Gasteiger partial charge on any atom is 0.161 e. The van der Waals surface area contributed by atoms with Crippen LogP contribution in [0.25, 0.3) is 39.4 Å². The van der Waals surface area contributed by atoms with Gasteiger partial charge in [0, 0.05) is 42.3 Å². The van der Waals surface area contributed by atoms with E-state index in [4.69, 9.17) is 9.97 Å². The number of imidazole rings is 1. The Morgan fingerprint density at radius 2 is 1.82 bits per heavy atom. The summed E-state index contributed by atoms with van der Waals surface area (Å²) in [5, 5.41) is 11.2. The standard InChI is InChI=1S/C33H33N7/c1-5-11-25(7-3)27(12-6-2)30-22(4)36-33(38-30)32-31-29(39-40-32)16-15-28(37-31)26-17-24(20-35-21-26)19-34-18-23-13-9-8-10-14-23/h5-17,20-21,34H,2,18-19H2,1,3-4H3,(H,36,38)(H,39,40)/b11-5-,25-7+,27-12-. The van der Waals surface area contributed by atoms with Gasteiger partial charge >= 0.3 is 0 Å². The van der Waals surface area contributed by atoms with E-state index in [1.807, 2.05) is 63.5 Å². The minimum atomic E-state index is 0.659. The van der Waals surface area contributed by atoms with E-state index in [1.54, 1.807) is 6.08 Å². The van der Waals surface area contributed by atoms with Crippen LogP contribution in [0.1, 0.15) is 36.4 Å². The highest BCUT2D eigenvalue weighted by Crippen LogP contribution is 2.31. The quantitative estimate of drug-likeness (QED) is 0.168. The number of allylic oxidation sites excluding steroid dienone is 7. The summed E-state index contributed by atoms with van der Waals surface area (Å²) in [6.45, 7) is 11.5. The van der Waals surface area contributed by atoms with Gasteiger partial charge in [-0.3, -0.25) is 10.1 Å². The first-order valence-electron chi connectivity index (χ1n) is 13.3. The van der Waals surface area contributed by atoms with Crippen LogP contribution in [0.15, 0.2) is 103 Å². The van der Waals surface area contributed by atoms with Crippen molar-refractivity contribution in [2.45, 2.75) is 33.9 Å². The second kappa shape index (κ2) is 12.3. The summed E-state index contributed by atoms with van der Waals surface area (Å²) in [6.07, 6.45) is 13.7. The van der Waals surface area contributed by atoms with Gasteiger partial charge in [0.2, 0.25) is 0 Å². The van der Waals surface area contributed by atoms with Crippen LogP contribution in [0.3, 0.4) is 0 Å². The number of aromatic nitrogens is 6. The zero-order valence-corrected chi connectivity index (χ0v) is 23.1. The summed E-state index contributed by atoms with van der Waals surface area (Å²) in [4.78, 5) is 17.8. The number of H-pyrrole nitrogens is 2. The van der Waals surface area contributed by atoms with Crippen LogP contribution >= 0.6 is 0 Å². The van der Waals surface area contributed by atoms with Crippen LogP contribution in [0.4, 0.5) is 0 Å². The van der Waals surface area contributed by atoms with E-state index < -0.39 is 0 Å². The number of fused-ring (bicyclic) bond motifs is 1. The van der Waals surface area contributed by atoms with Gasteiger partial charge in [-0.25, -0.2) is 9.97 Å². The minimum absolute atomic E-state index is 0.659. The number of rotatable bonds is 10. The highest BCUT2D eigenvalue weighted by Gasteiger charge is 2.19. The third-order valence-electron chi connectivity index (χ3n) is 6.62. The summed E-state index contributed by atoms with van der Waals surface area (Å²) in [5.74, 6) is 0.659. The predicted octanol–water partition coefficient (Wildman–Crippen LogP) is 7.10. The number of hydrogen-bond donors (Lipinski definition) is 3. The van der Waals surface area contributed by atoms with Crippen molar-refractivity contribution >= 4 is 16.6 Å². The van der Waals surface area contributed by atoms with Gasteiger partial charge in [-0.15, -0.1) is 0 Å². The first-order chi connectivity index (χ1) is 19.6. The number of hydrogen-bond acceptors (Lipinski definition) is 5. The molecule has 7 nitrogen and oxygen atoms in total. The van der Waals surface area contributed by atoms with Gasteiger partial charge in [0.05, 0.1) is 16.9 Å². The number of pyridine rings is 2. The van der Waals surface area contributed by atoms with Crippen LogP contribution in [-0.2, 0) is 13.1 Å². The van der Waals surface area contributed by atoms with Crippen LogP contribution in [0.5, 0.6) is 0 Å². The Hall–Kier alpha value is -4.88. The second-order valence-electron chi connectivity index (χ2n) is 9.45. The highest BCUT2D eigenvalue weighted by atomic mass is 15.2. The lowest BCUT2D eigenvalue weighted by atomic mass is 10.0. The fourth-order valence-corrected chi connectivity index (χ4v) is 4.68. The molecule has 0 bridgehead atoms. The van der Waals surface area contributed by atoms with Gasteiger partial charge in [0.25, 0.3) is 0 Å². The molecule has 0 saturated heterocycles. The molecule has 0 aliphatic heterocycles. The topological polar surface area (TPSA) is 95.2 Å². The fraction of sp³-hybridized carbons (Fsp3) is 0.152. The van der Waals surface area contributed by atoms with Crippen molar-refractivity contribution in [2.24, 2.45) is 0 Å². The van der Waals surface area contributed by atoms with Crippen molar-refractivity contribution in [3.63, 3.8) is 0 Å². The maximum absolute atomic E-state index is 4.98. The van der Waals surface area contributed by atoms with Crippen molar-refractivity contribution in [1.82, 2.24) is 35.5 Å². The minimum Gasteiger partial charge on any atom is -0.340 e. The molecule has 0 amide bonds. The molecule has 3 N–H and O–H groups in total. The van der Waals surface area contributed by atoms with Crippen LogP contribution in [0.2, 0.25) is 0 Å². The van der Waals surface area contributed by atoms with E-state index in [2.05, 4.69) is 74.5 Å². The van der Waals surface area contributed by atoms with Crippen molar-refractivity contribution in [3.05, 3.63) is 126 Å². The third-order valence-corrected chi connectivity index (χ3v) is 6.62. The molecule has 4 heterocycles. The van der Waals surface area contributed by atoms with Crippen molar-refractivity contribution in [2.75, 3.05) is 0 Å². The Morgan fingerprint density at radius 1 is 1.00 bits per heavy atom. The summed E-state index contributed by atoms with van der Waals surface area (Å²) in [5.41, 5.74) is 10.2. The largest absolute Gasteiger partial charge is 0.340 e. The van der Waals surface area contributed by atoms with Gasteiger partial charge in [-0.2, -0.15) is 5.10 Å². The number of nitrogens with one attached hydrogen (secondary N) is 3. The van der Waals surface area contributed by atoms with Gasteiger partial charge in [-0.1, -0.05) is 67.3 Å². The SMILES string of the molecule is C=C/C=C(C(/C=C\C)=C/C)\c1nc(-c2n[nH]c3ccc(-c4cncc(CNCc5ccccc5)c4)nc23)[nH]c1C. The van der Waals surface area contributed by atoms with E-state index in [9.17, 15) is 0 Å². The molecule has 1 aromatic carbocycles. The Morgan fingerprint density at radius 3 is 2.60 bits per heavy atom. The Kier molecular flexibility index (Phi) is 8.23. The van der Waals surface area contributed by atoms with Crippen LogP contribution < -0.4 is 5.32 Å². The summed E-state index contributed by atoms with van der Waals surface area (Å²) in [7, 11) is 0. The molecule has 0 unspecified atom stereocenters. The Labute approximate surface area is 234 Å². The molecule has 5 aromatic rings. The molecular formula is C33H33N7. The lowest BCUT2D eigenvalue weighted by Gasteiger charge is -2.07. The predicted molar refractivity (Wildman–Crippen MR) is 163 cm³/mol. The third kappa shape index (κ3) is 5.75. The Bertz CT molecular complexity index is 1720.